The normalized spacial score (nSPS) is 22.0. The van der Waals surface area contributed by atoms with Gasteiger partial charge in [0.15, 0.2) is 0 Å². The predicted molar refractivity (Wildman–Crippen MR) is 89.5 cm³/mol. The van der Waals surface area contributed by atoms with Gasteiger partial charge in [0.2, 0.25) is 5.91 Å². The van der Waals surface area contributed by atoms with Gasteiger partial charge < -0.3 is 11.1 Å². The molecule has 0 atom stereocenters. The van der Waals surface area contributed by atoms with E-state index in [9.17, 15) is 4.79 Å². The van der Waals surface area contributed by atoms with Crippen molar-refractivity contribution in [1.82, 2.24) is 0 Å². The zero-order chi connectivity index (χ0) is 15.2. The number of nitrogens with two attached hydrogens (primary N) is 1. The molecule has 1 saturated carbocycles. The number of unbranched alkanes of at least 4 members (excludes halogenated alkanes) is 1. The third-order valence-corrected chi connectivity index (χ3v) is 4.69. The topological polar surface area (TPSA) is 55.1 Å². The molecule has 2 rings (SSSR count). The zero-order valence-electron chi connectivity index (χ0n) is 12.7. The molecule has 0 aromatic heterocycles. The number of nitrogen functional groups attached to an aromatic ring is 1. The predicted octanol–water partition coefficient (Wildman–Crippen LogP) is 4.86. The van der Waals surface area contributed by atoms with Gasteiger partial charge in [0.25, 0.3) is 0 Å². The van der Waals surface area contributed by atoms with Crippen molar-refractivity contribution in [2.24, 2.45) is 11.8 Å². The van der Waals surface area contributed by atoms with Gasteiger partial charge in [-0.1, -0.05) is 37.8 Å². The number of nitrogens with one attached hydrogen (secondary N) is 1. The number of amides is 1. The fourth-order valence-electron chi connectivity index (χ4n) is 3.09. The van der Waals surface area contributed by atoms with Crippen molar-refractivity contribution in [3.05, 3.63) is 23.2 Å². The second-order valence-electron chi connectivity index (χ2n) is 6.08. The lowest BCUT2D eigenvalue weighted by molar-refractivity contribution is -0.121. The first-order chi connectivity index (χ1) is 10.1. The van der Waals surface area contributed by atoms with Crippen LogP contribution in [0.25, 0.3) is 0 Å². The van der Waals surface area contributed by atoms with Crippen LogP contribution in [0.5, 0.6) is 0 Å². The molecule has 0 radical (unpaired) electrons. The number of rotatable bonds is 5. The smallest absolute Gasteiger partial charge is 0.227 e. The molecule has 0 spiro atoms. The molecule has 1 amide bonds. The summed E-state index contributed by atoms with van der Waals surface area (Å²) in [5.41, 5.74) is 7.06. The lowest BCUT2D eigenvalue weighted by atomic mass is 9.79. The standard InChI is InChI=1S/C17H25ClN2O/c1-2-3-4-12-5-7-13(8-6-12)17(21)20-16-10-9-14(18)11-15(16)19/h9-13H,2-8,19H2,1H3,(H,20,21). The highest BCUT2D eigenvalue weighted by molar-refractivity contribution is 6.31. The molecule has 4 heteroatoms. The number of benzene rings is 1. The number of carbonyl (C=O) groups excluding carboxylic acids is 1. The van der Waals surface area contributed by atoms with Gasteiger partial charge in [-0.05, 0) is 49.8 Å². The highest BCUT2D eigenvalue weighted by Crippen LogP contribution is 2.33. The van der Waals surface area contributed by atoms with Gasteiger partial charge in [0.05, 0.1) is 11.4 Å². The van der Waals surface area contributed by atoms with Crippen LogP contribution in [0, 0.1) is 11.8 Å². The molecule has 1 aromatic rings. The van der Waals surface area contributed by atoms with E-state index in [1.54, 1.807) is 18.2 Å². The van der Waals surface area contributed by atoms with Gasteiger partial charge in [0.1, 0.15) is 0 Å². The fraction of sp³-hybridized carbons (Fsp3) is 0.588. The molecule has 1 aliphatic carbocycles. The van der Waals surface area contributed by atoms with Gasteiger partial charge in [0, 0.05) is 10.9 Å². The maximum atomic E-state index is 12.3. The molecule has 1 aromatic carbocycles. The average Bonchev–Trinajstić information content (AvgIpc) is 2.48. The summed E-state index contributed by atoms with van der Waals surface area (Å²) in [5, 5.41) is 3.53. The summed E-state index contributed by atoms with van der Waals surface area (Å²) in [7, 11) is 0. The highest BCUT2D eigenvalue weighted by atomic mass is 35.5. The fourth-order valence-corrected chi connectivity index (χ4v) is 3.27. The number of halogens is 1. The molecule has 3 N–H and O–H groups in total. The third-order valence-electron chi connectivity index (χ3n) is 4.45. The largest absolute Gasteiger partial charge is 0.397 e. The lowest BCUT2D eigenvalue weighted by Gasteiger charge is -2.27. The Hall–Kier alpha value is -1.22. The van der Waals surface area contributed by atoms with Gasteiger partial charge in [-0.3, -0.25) is 4.79 Å². The molecule has 0 bridgehead atoms. The first kappa shape index (κ1) is 16.2. The molecular weight excluding hydrogens is 284 g/mol. The van der Waals surface area contributed by atoms with E-state index in [1.807, 2.05) is 0 Å². The number of anilines is 2. The minimum absolute atomic E-state index is 0.0953. The van der Waals surface area contributed by atoms with Crippen LogP contribution in [0.2, 0.25) is 5.02 Å². The van der Waals surface area contributed by atoms with Crippen molar-refractivity contribution in [2.75, 3.05) is 11.1 Å². The first-order valence-electron chi connectivity index (χ1n) is 7.96. The molecule has 3 nitrogen and oxygen atoms in total. The van der Waals surface area contributed by atoms with Crippen molar-refractivity contribution in [3.63, 3.8) is 0 Å². The van der Waals surface area contributed by atoms with Crippen LogP contribution in [0.1, 0.15) is 51.9 Å². The molecule has 1 aliphatic rings. The van der Waals surface area contributed by atoms with Crippen LogP contribution in [0.15, 0.2) is 18.2 Å². The van der Waals surface area contributed by atoms with Crippen LogP contribution in [-0.4, -0.2) is 5.91 Å². The van der Waals surface area contributed by atoms with Crippen LogP contribution in [0.3, 0.4) is 0 Å². The van der Waals surface area contributed by atoms with Crippen LogP contribution >= 0.6 is 11.6 Å². The van der Waals surface area contributed by atoms with Gasteiger partial charge in [-0.2, -0.15) is 0 Å². The Morgan fingerprint density at radius 2 is 2.05 bits per heavy atom. The van der Waals surface area contributed by atoms with E-state index in [0.29, 0.717) is 16.4 Å². The van der Waals surface area contributed by atoms with E-state index >= 15 is 0 Å². The minimum Gasteiger partial charge on any atom is -0.397 e. The van der Waals surface area contributed by atoms with E-state index in [0.717, 1.165) is 18.8 Å². The van der Waals surface area contributed by atoms with E-state index in [-0.39, 0.29) is 11.8 Å². The maximum absolute atomic E-state index is 12.3. The lowest BCUT2D eigenvalue weighted by Crippen LogP contribution is -2.27. The van der Waals surface area contributed by atoms with E-state index in [1.165, 1.54) is 32.1 Å². The summed E-state index contributed by atoms with van der Waals surface area (Å²) in [6.45, 7) is 2.23. The Morgan fingerprint density at radius 1 is 1.33 bits per heavy atom. The maximum Gasteiger partial charge on any atom is 0.227 e. The third kappa shape index (κ3) is 4.63. The number of hydrogen-bond acceptors (Lipinski definition) is 2. The number of hydrogen-bond donors (Lipinski definition) is 2. The van der Waals surface area contributed by atoms with Crippen molar-refractivity contribution < 1.29 is 4.79 Å². The van der Waals surface area contributed by atoms with Crippen LogP contribution in [-0.2, 0) is 4.79 Å². The highest BCUT2D eigenvalue weighted by Gasteiger charge is 2.26. The molecule has 1 fully saturated rings. The molecule has 116 valence electrons. The van der Waals surface area contributed by atoms with Crippen molar-refractivity contribution in [1.29, 1.82) is 0 Å². The van der Waals surface area contributed by atoms with Gasteiger partial charge in [-0.15, -0.1) is 0 Å². The van der Waals surface area contributed by atoms with Crippen LogP contribution < -0.4 is 11.1 Å². The van der Waals surface area contributed by atoms with Crippen molar-refractivity contribution >= 4 is 28.9 Å². The summed E-state index contributed by atoms with van der Waals surface area (Å²) in [4.78, 5) is 12.3. The number of carbonyl (C=O) groups is 1. The van der Waals surface area contributed by atoms with E-state index in [2.05, 4.69) is 12.2 Å². The second-order valence-corrected chi connectivity index (χ2v) is 6.52. The summed E-state index contributed by atoms with van der Waals surface area (Å²) < 4.78 is 0. The Bertz CT molecular complexity index is 482. The first-order valence-corrected chi connectivity index (χ1v) is 8.33. The van der Waals surface area contributed by atoms with E-state index < -0.39 is 0 Å². The Kier molecular flexibility index (Phi) is 5.92. The summed E-state index contributed by atoms with van der Waals surface area (Å²) in [5.74, 6) is 1.03. The monoisotopic (exact) mass is 308 g/mol. The molecule has 0 heterocycles. The van der Waals surface area contributed by atoms with Gasteiger partial charge >= 0.3 is 0 Å². The zero-order valence-corrected chi connectivity index (χ0v) is 13.5. The molecule has 0 unspecified atom stereocenters. The summed E-state index contributed by atoms with van der Waals surface area (Å²) >= 11 is 5.87. The molecular formula is C17H25ClN2O. The Balaban J connectivity index is 1.84. The van der Waals surface area contributed by atoms with Crippen LogP contribution in [0.4, 0.5) is 11.4 Å². The summed E-state index contributed by atoms with van der Waals surface area (Å²) in [6.07, 6.45) is 8.22. The SMILES string of the molecule is CCCCC1CCC(C(=O)Nc2ccc(Cl)cc2N)CC1. The Morgan fingerprint density at radius 3 is 2.67 bits per heavy atom. The second kappa shape index (κ2) is 7.69. The summed E-state index contributed by atoms with van der Waals surface area (Å²) in [6, 6.07) is 5.18. The van der Waals surface area contributed by atoms with E-state index in [4.69, 9.17) is 17.3 Å². The van der Waals surface area contributed by atoms with Gasteiger partial charge in [-0.25, -0.2) is 0 Å². The minimum atomic E-state index is 0.0953. The molecule has 0 aliphatic heterocycles. The van der Waals surface area contributed by atoms with Crippen molar-refractivity contribution in [2.45, 2.75) is 51.9 Å². The average molecular weight is 309 g/mol. The molecule has 21 heavy (non-hydrogen) atoms. The molecule has 0 saturated heterocycles. The Labute approximate surface area is 132 Å². The van der Waals surface area contributed by atoms with Crippen molar-refractivity contribution in [3.8, 4) is 0 Å². The quantitative estimate of drug-likeness (QED) is 0.763.